The normalized spacial score (nSPS) is 12.6. The number of halogens is 2. The first-order valence-corrected chi connectivity index (χ1v) is 5.87. The largest absolute Gasteiger partial charge is 0.303 e. The maximum Gasteiger partial charge on any atom is 0.188 e. The van der Waals surface area contributed by atoms with Gasteiger partial charge < -0.3 is 5.32 Å². The minimum absolute atomic E-state index is 0.0588. The summed E-state index contributed by atoms with van der Waals surface area (Å²) >= 11 is 3.34. The summed E-state index contributed by atoms with van der Waals surface area (Å²) in [6.07, 6.45) is 0. The topological polar surface area (TPSA) is 66.5 Å². The lowest BCUT2D eigenvalue weighted by molar-refractivity contribution is 0.555. The summed E-state index contributed by atoms with van der Waals surface area (Å²) in [5.74, 6) is 0.334. The predicted molar refractivity (Wildman–Crippen MR) is 63.5 cm³/mol. The molecule has 0 spiro atoms. The van der Waals surface area contributed by atoms with Gasteiger partial charge in [0.25, 0.3) is 0 Å². The van der Waals surface area contributed by atoms with Crippen molar-refractivity contribution in [3.63, 3.8) is 0 Å². The van der Waals surface area contributed by atoms with Gasteiger partial charge in [-0.3, -0.25) is 0 Å². The van der Waals surface area contributed by atoms with Crippen molar-refractivity contribution in [2.24, 2.45) is 0 Å². The van der Waals surface area contributed by atoms with E-state index in [2.05, 4.69) is 41.9 Å². The fourth-order valence-corrected chi connectivity index (χ4v) is 2.16. The number of nitrogens with one attached hydrogen (secondary N) is 2. The molecular weight excluding hydrogens is 289 g/mol. The molecule has 0 saturated heterocycles. The van der Waals surface area contributed by atoms with E-state index < -0.39 is 0 Å². The van der Waals surface area contributed by atoms with Gasteiger partial charge in [0, 0.05) is 10.5 Å². The molecule has 2 N–H and O–H groups in total. The Labute approximate surface area is 106 Å². The van der Waals surface area contributed by atoms with E-state index in [0.717, 1.165) is 10.0 Å². The van der Waals surface area contributed by atoms with Crippen molar-refractivity contribution in [2.45, 2.75) is 19.5 Å². The molecule has 1 heterocycles. The van der Waals surface area contributed by atoms with Crippen LogP contribution >= 0.6 is 15.9 Å². The fraction of sp³-hybridized carbons (Fsp3) is 0.300. The molecule has 2 aromatic rings. The minimum Gasteiger partial charge on any atom is -0.303 e. The van der Waals surface area contributed by atoms with Gasteiger partial charge in [-0.15, -0.1) is 10.2 Å². The summed E-state index contributed by atoms with van der Waals surface area (Å²) in [5, 5.41) is 16.7. The Morgan fingerprint density at radius 1 is 1.53 bits per heavy atom. The Hall–Kier alpha value is -1.34. The molecular formula is C10H11BrFN5. The zero-order chi connectivity index (χ0) is 12.3. The third-order valence-corrected chi connectivity index (χ3v) is 3.07. The summed E-state index contributed by atoms with van der Waals surface area (Å²) < 4.78 is 13.7. The molecule has 1 aromatic carbocycles. The predicted octanol–water partition coefficient (Wildman–Crippen LogP) is 1.95. The summed E-state index contributed by atoms with van der Waals surface area (Å²) in [5.41, 5.74) is 0.981. The van der Waals surface area contributed by atoms with Crippen LogP contribution in [0.4, 0.5) is 4.39 Å². The second-order valence-electron chi connectivity index (χ2n) is 3.60. The van der Waals surface area contributed by atoms with Gasteiger partial charge in [0.1, 0.15) is 5.82 Å². The van der Waals surface area contributed by atoms with E-state index in [1.807, 2.05) is 6.92 Å². The maximum atomic E-state index is 12.9. The van der Waals surface area contributed by atoms with E-state index in [4.69, 9.17) is 0 Å². The Balaban J connectivity index is 2.01. The first kappa shape index (κ1) is 12.1. The van der Waals surface area contributed by atoms with Crippen LogP contribution in [0.25, 0.3) is 0 Å². The van der Waals surface area contributed by atoms with Crippen molar-refractivity contribution < 1.29 is 4.39 Å². The number of hydrogen-bond acceptors (Lipinski definition) is 4. The third-order valence-electron chi connectivity index (χ3n) is 2.38. The van der Waals surface area contributed by atoms with Gasteiger partial charge in [-0.1, -0.05) is 27.2 Å². The molecule has 90 valence electrons. The van der Waals surface area contributed by atoms with Crippen LogP contribution in [0, 0.1) is 5.82 Å². The van der Waals surface area contributed by atoms with Gasteiger partial charge in [-0.2, -0.15) is 5.21 Å². The maximum absolute atomic E-state index is 12.9. The van der Waals surface area contributed by atoms with E-state index in [9.17, 15) is 4.39 Å². The monoisotopic (exact) mass is 299 g/mol. The molecule has 0 fully saturated rings. The highest BCUT2D eigenvalue weighted by molar-refractivity contribution is 9.10. The zero-order valence-electron chi connectivity index (χ0n) is 9.11. The molecule has 1 aromatic heterocycles. The zero-order valence-corrected chi connectivity index (χ0v) is 10.7. The third kappa shape index (κ3) is 3.07. The number of hydrogen-bond donors (Lipinski definition) is 2. The number of rotatable bonds is 4. The van der Waals surface area contributed by atoms with Crippen LogP contribution in [0.5, 0.6) is 0 Å². The van der Waals surface area contributed by atoms with Crippen molar-refractivity contribution in [3.05, 3.63) is 39.9 Å². The summed E-state index contributed by atoms with van der Waals surface area (Å²) in [6.45, 7) is 2.49. The Bertz CT molecular complexity index is 487. The van der Waals surface area contributed by atoms with Crippen LogP contribution in [-0.4, -0.2) is 20.6 Å². The molecule has 1 unspecified atom stereocenters. The molecule has 17 heavy (non-hydrogen) atoms. The van der Waals surface area contributed by atoms with Gasteiger partial charge >= 0.3 is 0 Å². The molecule has 0 amide bonds. The Morgan fingerprint density at radius 2 is 2.35 bits per heavy atom. The van der Waals surface area contributed by atoms with Crippen LogP contribution in [0.1, 0.15) is 24.4 Å². The highest BCUT2D eigenvalue weighted by Gasteiger charge is 2.10. The van der Waals surface area contributed by atoms with Crippen LogP contribution in [0.2, 0.25) is 0 Å². The standard InChI is InChI=1S/C10H11BrFN5/c1-6(13-5-10-14-16-17-15-10)8-3-2-7(12)4-9(8)11/h2-4,6,13H,5H2,1H3,(H,14,15,16,17). The molecule has 1 atom stereocenters. The molecule has 0 saturated carbocycles. The second kappa shape index (κ2) is 5.33. The van der Waals surface area contributed by atoms with Crippen LogP contribution in [0.3, 0.4) is 0 Å². The molecule has 2 rings (SSSR count). The van der Waals surface area contributed by atoms with Gasteiger partial charge in [-0.25, -0.2) is 4.39 Å². The van der Waals surface area contributed by atoms with E-state index in [-0.39, 0.29) is 11.9 Å². The van der Waals surface area contributed by atoms with Gasteiger partial charge in [0.05, 0.1) is 6.54 Å². The lowest BCUT2D eigenvalue weighted by Gasteiger charge is -2.14. The van der Waals surface area contributed by atoms with Gasteiger partial charge in [0.15, 0.2) is 5.82 Å². The summed E-state index contributed by atoms with van der Waals surface area (Å²) in [4.78, 5) is 0. The Kier molecular flexibility index (Phi) is 3.80. The van der Waals surface area contributed by atoms with Crippen LogP contribution in [-0.2, 0) is 6.54 Å². The van der Waals surface area contributed by atoms with E-state index >= 15 is 0 Å². The highest BCUT2D eigenvalue weighted by atomic mass is 79.9. The number of benzene rings is 1. The smallest absolute Gasteiger partial charge is 0.188 e. The first-order valence-electron chi connectivity index (χ1n) is 5.07. The number of tetrazole rings is 1. The number of nitrogens with zero attached hydrogens (tertiary/aromatic N) is 3. The van der Waals surface area contributed by atoms with Crippen molar-refractivity contribution >= 4 is 15.9 Å². The van der Waals surface area contributed by atoms with Crippen molar-refractivity contribution in [1.29, 1.82) is 0 Å². The fourth-order valence-electron chi connectivity index (χ4n) is 1.46. The van der Waals surface area contributed by atoms with Crippen molar-refractivity contribution in [3.8, 4) is 0 Å². The van der Waals surface area contributed by atoms with Crippen LogP contribution < -0.4 is 5.32 Å². The molecule has 0 radical (unpaired) electrons. The lowest BCUT2D eigenvalue weighted by atomic mass is 10.1. The highest BCUT2D eigenvalue weighted by Crippen LogP contribution is 2.24. The average Bonchev–Trinajstić information content (AvgIpc) is 2.78. The van der Waals surface area contributed by atoms with E-state index in [1.165, 1.54) is 12.1 Å². The lowest BCUT2D eigenvalue weighted by Crippen LogP contribution is -2.19. The van der Waals surface area contributed by atoms with Crippen molar-refractivity contribution in [2.75, 3.05) is 0 Å². The number of aromatic amines is 1. The van der Waals surface area contributed by atoms with Gasteiger partial charge in [0.2, 0.25) is 0 Å². The summed E-state index contributed by atoms with van der Waals surface area (Å²) in [7, 11) is 0. The molecule has 5 nitrogen and oxygen atoms in total. The molecule has 7 heteroatoms. The van der Waals surface area contributed by atoms with E-state index in [1.54, 1.807) is 6.07 Å². The van der Waals surface area contributed by atoms with Crippen LogP contribution in [0.15, 0.2) is 22.7 Å². The first-order chi connectivity index (χ1) is 8.16. The van der Waals surface area contributed by atoms with Crippen molar-refractivity contribution in [1.82, 2.24) is 25.9 Å². The molecule has 0 bridgehead atoms. The molecule has 0 aliphatic carbocycles. The average molecular weight is 300 g/mol. The minimum atomic E-state index is -0.258. The number of H-pyrrole nitrogens is 1. The SMILES string of the molecule is CC(NCc1nn[nH]n1)c1ccc(F)cc1Br. The van der Waals surface area contributed by atoms with Gasteiger partial charge in [-0.05, 0) is 24.6 Å². The Morgan fingerprint density at radius 3 is 3.00 bits per heavy atom. The molecule has 0 aliphatic rings. The quantitative estimate of drug-likeness (QED) is 0.906. The second-order valence-corrected chi connectivity index (χ2v) is 4.45. The number of aromatic nitrogens is 4. The summed E-state index contributed by atoms with van der Waals surface area (Å²) in [6, 6.07) is 4.69. The molecule has 0 aliphatic heterocycles. The van der Waals surface area contributed by atoms with E-state index in [0.29, 0.717) is 12.4 Å².